The summed E-state index contributed by atoms with van der Waals surface area (Å²) >= 11 is 0. The molecule has 98 valence electrons. The number of hydrogen-bond donors (Lipinski definition) is 1. The van der Waals surface area contributed by atoms with Gasteiger partial charge in [0.15, 0.2) is 0 Å². The molecular weight excluding hydrogens is 238 g/mol. The van der Waals surface area contributed by atoms with Crippen LogP contribution >= 0.6 is 0 Å². The fourth-order valence-electron chi connectivity index (χ4n) is 2.25. The van der Waals surface area contributed by atoms with Crippen LogP contribution in [0.3, 0.4) is 0 Å². The van der Waals surface area contributed by atoms with Gasteiger partial charge in [-0.3, -0.25) is 4.79 Å². The third kappa shape index (κ3) is 2.67. The van der Waals surface area contributed by atoms with Crippen molar-refractivity contribution in [1.82, 2.24) is 4.90 Å². The van der Waals surface area contributed by atoms with Crippen molar-refractivity contribution in [3.05, 3.63) is 35.4 Å². The number of carbonyl (C=O) groups is 1. The minimum Gasteiger partial charge on any atom is -0.343 e. The van der Waals surface area contributed by atoms with E-state index in [4.69, 9.17) is 5.73 Å². The van der Waals surface area contributed by atoms with Crippen LogP contribution in [0.4, 0.5) is 8.78 Å². The lowest BCUT2D eigenvalue weighted by Crippen LogP contribution is -2.31. The van der Waals surface area contributed by atoms with Crippen LogP contribution in [0.2, 0.25) is 0 Å². The summed E-state index contributed by atoms with van der Waals surface area (Å²) in [7, 11) is 0. The molecule has 0 aliphatic carbocycles. The predicted molar refractivity (Wildman–Crippen MR) is 63.7 cm³/mol. The molecule has 3 nitrogen and oxygen atoms in total. The number of likely N-dealkylation sites (tertiary alicyclic amines) is 1. The van der Waals surface area contributed by atoms with Gasteiger partial charge in [-0.25, -0.2) is 8.78 Å². The summed E-state index contributed by atoms with van der Waals surface area (Å²) in [6.07, 6.45) is 1.90. The first-order valence-electron chi connectivity index (χ1n) is 6.07. The zero-order valence-electron chi connectivity index (χ0n) is 10.0. The molecule has 1 fully saturated rings. The van der Waals surface area contributed by atoms with Crippen LogP contribution in [0.15, 0.2) is 18.2 Å². The maximum absolute atomic E-state index is 13.5. The summed E-state index contributed by atoms with van der Waals surface area (Å²) in [6.45, 7) is 1.43. The van der Waals surface area contributed by atoms with E-state index in [2.05, 4.69) is 0 Å². The normalized spacial score (nSPS) is 16.9. The minimum atomic E-state index is -0.931. The van der Waals surface area contributed by atoms with Crippen molar-refractivity contribution < 1.29 is 13.6 Å². The van der Waals surface area contributed by atoms with E-state index < -0.39 is 17.7 Å². The van der Waals surface area contributed by atoms with E-state index in [0.29, 0.717) is 13.1 Å². The molecule has 1 aromatic carbocycles. The molecule has 18 heavy (non-hydrogen) atoms. The molecule has 0 bridgehead atoms. The van der Waals surface area contributed by atoms with Gasteiger partial charge in [0.05, 0.1) is 0 Å². The first-order chi connectivity index (χ1) is 8.59. The minimum absolute atomic E-state index is 0.0577. The number of benzene rings is 1. The summed E-state index contributed by atoms with van der Waals surface area (Å²) in [5, 5.41) is 0. The Bertz CT molecular complexity index is 424. The molecule has 1 saturated heterocycles. The molecule has 1 heterocycles. The highest BCUT2D eigenvalue weighted by Crippen LogP contribution is 2.22. The number of nitrogens with two attached hydrogens (primary N) is 1. The van der Waals surface area contributed by atoms with E-state index in [9.17, 15) is 13.6 Å². The van der Waals surface area contributed by atoms with Crippen molar-refractivity contribution in [3.8, 4) is 0 Å². The van der Waals surface area contributed by atoms with Gasteiger partial charge in [0, 0.05) is 31.1 Å². The van der Waals surface area contributed by atoms with Crippen LogP contribution in [0.5, 0.6) is 0 Å². The molecule has 1 aromatic rings. The van der Waals surface area contributed by atoms with Crippen molar-refractivity contribution in [2.45, 2.75) is 25.3 Å². The van der Waals surface area contributed by atoms with Gasteiger partial charge in [0.25, 0.3) is 0 Å². The number of hydrogen-bond acceptors (Lipinski definition) is 2. The van der Waals surface area contributed by atoms with Crippen molar-refractivity contribution in [1.29, 1.82) is 0 Å². The van der Waals surface area contributed by atoms with Crippen molar-refractivity contribution >= 4 is 5.91 Å². The predicted octanol–water partition coefficient (Wildman–Crippen LogP) is 1.98. The molecule has 0 radical (unpaired) electrons. The van der Waals surface area contributed by atoms with Gasteiger partial charge in [0.2, 0.25) is 5.91 Å². The molecule has 0 saturated carbocycles. The lowest BCUT2D eigenvalue weighted by molar-refractivity contribution is -0.130. The Morgan fingerprint density at radius 1 is 1.28 bits per heavy atom. The van der Waals surface area contributed by atoms with Crippen LogP contribution in [0.1, 0.15) is 30.9 Å². The van der Waals surface area contributed by atoms with Crippen molar-refractivity contribution in [2.24, 2.45) is 5.73 Å². The Labute approximate surface area is 105 Å². The Hall–Kier alpha value is -1.49. The SMILES string of the molecule is N[C@@H](CC(=O)N1CCCC1)c1c(F)cccc1F. The molecule has 1 aliphatic heterocycles. The van der Waals surface area contributed by atoms with Gasteiger partial charge < -0.3 is 10.6 Å². The van der Waals surface area contributed by atoms with Crippen molar-refractivity contribution in [3.63, 3.8) is 0 Å². The lowest BCUT2D eigenvalue weighted by Gasteiger charge is -2.19. The van der Waals surface area contributed by atoms with E-state index in [1.165, 1.54) is 6.07 Å². The Morgan fingerprint density at radius 2 is 1.83 bits per heavy atom. The summed E-state index contributed by atoms with van der Waals surface area (Å²) < 4.78 is 27.0. The Balaban J connectivity index is 2.07. The van der Waals surface area contributed by atoms with Gasteiger partial charge in [-0.05, 0) is 25.0 Å². The van der Waals surface area contributed by atoms with Crippen LogP contribution < -0.4 is 5.73 Å². The maximum atomic E-state index is 13.5. The number of nitrogens with zero attached hydrogens (tertiary/aromatic N) is 1. The average molecular weight is 254 g/mol. The fourth-order valence-corrected chi connectivity index (χ4v) is 2.25. The number of amides is 1. The monoisotopic (exact) mass is 254 g/mol. The highest BCUT2D eigenvalue weighted by molar-refractivity contribution is 5.77. The molecule has 0 unspecified atom stereocenters. The Kier molecular flexibility index (Phi) is 3.91. The molecule has 2 rings (SSSR count). The molecule has 1 aliphatic rings. The molecule has 5 heteroatoms. The quantitative estimate of drug-likeness (QED) is 0.896. The lowest BCUT2D eigenvalue weighted by atomic mass is 10.0. The summed E-state index contributed by atoms with van der Waals surface area (Å²) in [4.78, 5) is 13.5. The third-order valence-corrected chi connectivity index (χ3v) is 3.22. The maximum Gasteiger partial charge on any atom is 0.224 e. The topological polar surface area (TPSA) is 46.3 Å². The van der Waals surface area contributed by atoms with Crippen LogP contribution in [-0.4, -0.2) is 23.9 Å². The molecule has 1 amide bonds. The summed E-state index contributed by atoms with van der Waals surface area (Å²) in [5.74, 6) is -1.53. The Morgan fingerprint density at radius 3 is 2.39 bits per heavy atom. The largest absolute Gasteiger partial charge is 0.343 e. The molecule has 0 aromatic heterocycles. The zero-order valence-corrected chi connectivity index (χ0v) is 10.0. The third-order valence-electron chi connectivity index (χ3n) is 3.22. The molecule has 1 atom stereocenters. The number of carbonyl (C=O) groups excluding carboxylic acids is 1. The number of rotatable bonds is 3. The van der Waals surface area contributed by atoms with E-state index in [1.807, 2.05) is 0 Å². The van der Waals surface area contributed by atoms with Crippen molar-refractivity contribution in [2.75, 3.05) is 13.1 Å². The van der Waals surface area contributed by atoms with Gasteiger partial charge in [-0.1, -0.05) is 6.07 Å². The smallest absolute Gasteiger partial charge is 0.224 e. The zero-order chi connectivity index (χ0) is 13.1. The highest BCUT2D eigenvalue weighted by Gasteiger charge is 2.23. The number of halogens is 2. The summed E-state index contributed by atoms with van der Waals surface area (Å²) in [5.41, 5.74) is 5.53. The standard InChI is InChI=1S/C13H16F2N2O/c14-9-4-3-5-10(15)13(9)11(16)8-12(18)17-6-1-2-7-17/h3-5,11H,1-2,6-8,16H2/t11-/m0/s1. The van der Waals surface area contributed by atoms with E-state index in [1.54, 1.807) is 4.90 Å². The van der Waals surface area contributed by atoms with Gasteiger partial charge >= 0.3 is 0 Å². The molecular formula is C13H16F2N2O. The highest BCUT2D eigenvalue weighted by atomic mass is 19.1. The molecule has 0 spiro atoms. The second-order valence-corrected chi connectivity index (χ2v) is 4.53. The second-order valence-electron chi connectivity index (χ2n) is 4.53. The van der Waals surface area contributed by atoms with Gasteiger partial charge in [-0.2, -0.15) is 0 Å². The van der Waals surface area contributed by atoms with Gasteiger partial charge in [0.1, 0.15) is 11.6 Å². The van der Waals surface area contributed by atoms with E-state index >= 15 is 0 Å². The van der Waals surface area contributed by atoms with Gasteiger partial charge in [-0.15, -0.1) is 0 Å². The first kappa shape index (κ1) is 13.0. The average Bonchev–Trinajstić information content (AvgIpc) is 2.81. The van der Waals surface area contributed by atoms with E-state index in [0.717, 1.165) is 25.0 Å². The van der Waals surface area contributed by atoms with E-state index in [-0.39, 0.29) is 17.9 Å². The first-order valence-corrected chi connectivity index (χ1v) is 6.07. The van der Waals surface area contributed by atoms with Crippen LogP contribution in [0, 0.1) is 11.6 Å². The van der Waals surface area contributed by atoms with Crippen LogP contribution in [0.25, 0.3) is 0 Å². The van der Waals surface area contributed by atoms with Crippen LogP contribution in [-0.2, 0) is 4.79 Å². The second kappa shape index (κ2) is 5.44. The fraction of sp³-hybridized carbons (Fsp3) is 0.462. The summed E-state index contributed by atoms with van der Waals surface area (Å²) in [6, 6.07) is 2.65. The molecule has 2 N–H and O–H groups in total.